The first-order valence-corrected chi connectivity index (χ1v) is 5.56. The van der Waals surface area contributed by atoms with Crippen LogP contribution in [0.15, 0.2) is 24.3 Å². The van der Waals surface area contributed by atoms with Crippen LogP contribution in [-0.2, 0) is 0 Å². The van der Waals surface area contributed by atoms with Crippen LogP contribution in [0.2, 0.25) is 0 Å². The molecule has 0 saturated carbocycles. The molecule has 1 rings (SSSR count). The third kappa shape index (κ3) is 4.15. The number of nitrogens with one attached hydrogen (secondary N) is 1. The third-order valence-corrected chi connectivity index (χ3v) is 2.25. The maximum Gasteiger partial charge on any atom is 0.412 e. The summed E-state index contributed by atoms with van der Waals surface area (Å²) in [7, 11) is 0. The van der Waals surface area contributed by atoms with Crippen molar-refractivity contribution in [1.29, 1.82) is 5.26 Å². The van der Waals surface area contributed by atoms with Gasteiger partial charge in [0, 0.05) is 6.54 Å². The Morgan fingerprint density at radius 2 is 2.18 bits per heavy atom. The summed E-state index contributed by atoms with van der Waals surface area (Å²) in [4.78, 5) is 11.4. The first-order chi connectivity index (χ1) is 8.15. The van der Waals surface area contributed by atoms with Crippen LogP contribution >= 0.6 is 0 Å². The minimum atomic E-state index is -0.520. The van der Waals surface area contributed by atoms with Crippen LogP contribution in [0.5, 0.6) is 5.75 Å². The third-order valence-electron chi connectivity index (χ3n) is 2.25. The van der Waals surface area contributed by atoms with Crippen molar-refractivity contribution in [3.63, 3.8) is 0 Å². The Morgan fingerprint density at radius 3 is 2.82 bits per heavy atom. The van der Waals surface area contributed by atoms with Gasteiger partial charge in [-0.1, -0.05) is 32.0 Å². The number of hydrogen-bond donors (Lipinski definition) is 1. The molecule has 0 aliphatic rings. The number of para-hydroxylation sites is 1. The lowest BCUT2D eigenvalue weighted by molar-refractivity contribution is 0.200. The van der Waals surface area contributed by atoms with Crippen LogP contribution in [-0.4, -0.2) is 12.6 Å². The van der Waals surface area contributed by atoms with Crippen LogP contribution in [0.25, 0.3) is 0 Å². The van der Waals surface area contributed by atoms with Gasteiger partial charge in [-0.05, 0) is 17.5 Å². The molecule has 0 radical (unpaired) electrons. The SMILES string of the molecule is CC(C)c1ccccc1OC(=O)NCCC#N. The number of benzene rings is 1. The van der Waals surface area contributed by atoms with Crippen molar-refractivity contribution in [2.75, 3.05) is 6.54 Å². The molecule has 0 aliphatic carbocycles. The number of carbonyl (C=O) groups excluding carboxylic acids is 1. The van der Waals surface area contributed by atoms with E-state index >= 15 is 0 Å². The van der Waals surface area contributed by atoms with Crippen molar-refractivity contribution in [1.82, 2.24) is 5.32 Å². The first-order valence-electron chi connectivity index (χ1n) is 5.56. The molecule has 0 fully saturated rings. The van der Waals surface area contributed by atoms with Gasteiger partial charge >= 0.3 is 6.09 Å². The lowest BCUT2D eigenvalue weighted by Gasteiger charge is -2.12. The second kappa shape index (κ2) is 6.54. The molecule has 0 unspecified atom stereocenters. The molecule has 1 aromatic rings. The van der Waals surface area contributed by atoms with Gasteiger partial charge in [-0.3, -0.25) is 0 Å². The summed E-state index contributed by atoms with van der Waals surface area (Å²) in [5, 5.41) is 10.9. The van der Waals surface area contributed by atoms with E-state index in [0.717, 1.165) is 5.56 Å². The maximum absolute atomic E-state index is 11.4. The molecule has 4 nitrogen and oxygen atoms in total. The van der Waals surface area contributed by atoms with Gasteiger partial charge in [0.25, 0.3) is 0 Å². The second-order valence-corrected chi connectivity index (χ2v) is 3.92. The van der Waals surface area contributed by atoms with Crippen molar-refractivity contribution in [2.24, 2.45) is 0 Å². The summed E-state index contributed by atoms with van der Waals surface area (Å²) in [5.74, 6) is 0.857. The van der Waals surface area contributed by atoms with Gasteiger partial charge in [-0.15, -0.1) is 0 Å². The van der Waals surface area contributed by atoms with Gasteiger partial charge in [0.1, 0.15) is 5.75 Å². The molecule has 17 heavy (non-hydrogen) atoms. The van der Waals surface area contributed by atoms with Crippen molar-refractivity contribution in [3.05, 3.63) is 29.8 Å². The molecule has 90 valence electrons. The predicted octanol–water partition coefficient (Wildman–Crippen LogP) is 2.81. The molecule has 0 saturated heterocycles. The summed E-state index contributed by atoms with van der Waals surface area (Å²) >= 11 is 0. The predicted molar refractivity (Wildman–Crippen MR) is 64.8 cm³/mol. The highest BCUT2D eigenvalue weighted by Crippen LogP contribution is 2.25. The normalized spacial score (nSPS) is 9.76. The number of nitriles is 1. The minimum absolute atomic E-state index is 0.279. The van der Waals surface area contributed by atoms with E-state index in [-0.39, 0.29) is 12.3 Å². The summed E-state index contributed by atoms with van der Waals surface area (Å²) < 4.78 is 5.19. The lowest BCUT2D eigenvalue weighted by Crippen LogP contribution is -2.27. The first kappa shape index (κ1) is 13.0. The Balaban J connectivity index is 2.62. The molecule has 1 N–H and O–H groups in total. The van der Waals surface area contributed by atoms with E-state index in [1.165, 1.54) is 0 Å². The molecular formula is C13H16N2O2. The largest absolute Gasteiger partial charge is 0.412 e. The van der Waals surface area contributed by atoms with Crippen LogP contribution in [0, 0.1) is 11.3 Å². The molecule has 0 heterocycles. The van der Waals surface area contributed by atoms with E-state index in [1.807, 2.05) is 38.1 Å². The second-order valence-electron chi connectivity index (χ2n) is 3.92. The Hall–Kier alpha value is -2.02. The zero-order chi connectivity index (χ0) is 12.7. The van der Waals surface area contributed by atoms with Crippen molar-refractivity contribution < 1.29 is 9.53 Å². The molecule has 0 bridgehead atoms. The van der Waals surface area contributed by atoms with Crippen molar-refractivity contribution in [2.45, 2.75) is 26.2 Å². The molecule has 4 heteroatoms. The number of ether oxygens (including phenoxy) is 1. The summed E-state index contributed by atoms with van der Waals surface area (Å²) in [5.41, 5.74) is 0.989. The fourth-order valence-corrected chi connectivity index (χ4v) is 1.41. The minimum Gasteiger partial charge on any atom is -0.410 e. The van der Waals surface area contributed by atoms with Crippen molar-refractivity contribution in [3.8, 4) is 11.8 Å². The van der Waals surface area contributed by atoms with Gasteiger partial charge in [0.2, 0.25) is 0 Å². The van der Waals surface area contributed by atoms with E-state index in [9.17, 15) is 4.79 Å². The molecule has 0 atom stereocenters. The molecule has 0 aliphatic heterocycles. The van der Waals surface area contributed by atoms with E-state index in [1.54, 1.807) is 6.07 Å². The zero-order valence-electron chi connectivity index (χ0n) is 10.1. The van der Waals surface area contributed by atoms with Crippen molar-refractivity contribution >= 4 is 6.09 Å². The number of hydrogen-bond acceptors (Lipinski definition) is 3. The van der Waals surface area contributed by atoms with E-state index in [4.69, 9.17) is 10.00 Å². The highest BCUT2D eigenvalue weighted by molar-refractivity contribution is 5.70. The zero-order valence-corrected chi connectivity index (χ0v) is 10.1. The monoisotopic (exact) mass is 232 g/mol. The Bertz CT molecular complexity index is 422. The maximum atomic E-state index is 11.4. The van der Waals surface area contributed by atoms with E-state index < -0.39 is 6.09 Å². The Morgan fingerprint density at radius 1 is 1.47 bits per heavy atom. The molecule has 0 spiro atoms. The fourth-order valence-electron chi connectivity index (χ4n) is 1.41. The average Bonchev–Trinajstić information content (AvgIpc) is 2.29. The number of carbonyl (C=O) groups is 1. The lowest BCUT2D eigenvalue weighted by atomic mass is 10.0. The Labute approximate surface area is 101 Å². The summed E-state index contributed by atoms with van der Waals surface area (Å²) in [6.07, 6.45) is -0.241. The van der Waals surface area contributed by atoms with Crippen LogP contribution in [0.1, 0.15) is 31.7 Å². The molecular weight excluding hydrogens is 216 g/mol. The van der Waals surface area contributed by atoms with Gasteiger partial charge in [0.15, 0.2) is 0 Å². The van der Waals surface area contributed by atoms with Gasteiger partial charge in [-0.2, -0.15) is 5.26 Å². The quantitative estimate of drug-likeness (QED) is 0.812. The number of amides is 1. The smallest absolute Gasteiger partial charge is 0.410 e. The highest BCUT2D eigenvalue weighted by Gasteiger charge is 2.10. The molecule has 1 amide bonds. The van der Waals surface area contributed by atoms with Crippen LogP contribution in [0.3, 0.4) is 0 Å². The van der Waals surface area contributed by atoms with E-state index in [2.05, 4.69) is 5.32 Å². The highest BCUT2D eigenvalue weighted by atomic mass is 16.6. The molecule has 1 aromatic carbocycles. The summed E-state index contributed by atoms with van der Waals surface area (Å²) in [6, 6.07) is 9.38. The fraction of sp³-hybridized carbons (Fsp3) is 0.385. The standard InChI is InChI=1S/C13H16N2O2/c1-10(2)11-6-3-4-7-12(11)17-13(16)15-9-5-8-14/h3-4,6-7,10H,5,9H2,1-2H3,(H,15,16). The van der Waals surface area contributed by atoms with Gasteiger partial charge in [0.05, 0.1) is 12.5 Å². The van der Waals surface area contributed by atoms with Gasteiger partial charge in [-0.25, -0.2) is 4.79 Å². The average molecular weight is 232 g/mol. The number of nitrogens with zero attached hydrogens (tertiary/aromatic N) is 1. The number of rotatable bonds is 4. The summed E-state index contributed by atoms with van der Waals surface area (Å²) in [6.45, 7) is 4.38. The van der Waals surface area contributed by atoms with Gasteiger partial charge < -0.3 is 10.1 Å². The van der Waals surface area contributed by atoms with Crippen LogP contribution < -0.4 is 10.1 Å². The Kier molecular flexibility index (Phi) is 5.02. The van der Waals surface area contributed by atoms with Crippen LogP contribution in [0.4, 0.5) is 4.79 Å². The molecule has 0 aromatic heterocycles. The van der Waals surface area contributed by atoms with E-state index in [0.29, 0.717) is 12.3 Å². The topological polar surface area (TPSA) is 62.1 Å².